The van der Waals surface area contributed by atoms with Gasteiger partial charge in [-0.05, 0) is 6.42 Å². The van der Waals surface area contributed by atoms with Crippen molar-refractivity contribution in [3.05, 3.63) is 0 Å². The van der Waals surface area contributed by atoms with Gasteiger partial charge < -0.3 is 14.9 Å². The van der Waals surface area contributed by atoms with Crippen molar-refractivity contribution in [2.24, 2.45) is 0 Å². The van der Waals surface area contributed by atoms with Crippen LogP contribution in [0, 0.1) is 0 Å². The number of hydrogen-bond acceptors (Lipinski definition) is 3. The van der Waals surface area contributed by atoms with Crippen LogP contribution in [-0.4, -0.2) is 34.9 Å². The second kappa shape index (κ2) is 10.1. The molecule has 0 aliphatic heterocycles. The molecule has 0 radical (unpaired) electrons. The minimum atomic E-state index is -1.22. The van der Waals surface area contributed by atoms with Crippen LogP contribution in [0.5, 0.6) is 0 Å². The Morgan fingerprint density at radius 3 is 2.18 bits per heavy atom. The zero-order valence-electron chi connectivity index (χ0n) is 10.4. The number of carboxylic acids is 2. The highest BCUT2D eigenvalue weighted by atomic mass is 16.5. The first kappa shape index (κ1) is 15.9. The molecular weight excluding hydrogens is 224 g/mol. The molecule has 0 spiro atoms. The van der Waals surface area contributed by atoms with E-state index in [0.29, 0.717) is 6.61 Å². The summed E-state index contributed by atoms with van der Waals surface area (Å²) >= 11 is 0. The molecular formula is C12H22O5. The molecule has 0 saturated carbocycles. The van der Waals surface area contributed by atoms with Gasteiger partial charge in [0.1, 0.15) is 0 Å². The van der Waals surface area contributed by atoms with E-state index >= 15 is 0 Å². The maximum absolute atomic E-state index is 10.7. The summed E-state index contributed by atoms with van der Waals surface area (Å²) in [6, 6.07) is 0. The van der Waals surface area contributed by atoms with Crippen LogP contribution in [0.1, 0.15) is 51.9 Å². The SMILES string of the molecule is CCCCCCCCO[C@H](CC(=O)O)C(=O)O. The molecule has 100 valence electrons. The van der Waals surface area contributed by atoms with Crippen molar-refractivity contribution in [3.63, 3.8) is 0 Å². The Bertz CT molecular complexity index is 227. The summed E-state index contributed by atoms with van der Waals surface area (Å²) in [5, 5.41) is 17.2. The van der Waals surface area contributed by atoms with E-state index in [2.05, 4.69) is 6.92 Å². The summed E-state index contributed by atoms with van der Waals surface area (Å²) in [7, 11) is 0. The van der Waals surface area contributed by atoms with Gasteiger partial charge in [0.2, 0.25) is 0 Å². The molecule has 0 fully saturated rings. The Kier molecular flexibility index (Phi) is 9.43. The van der Waals surface area contributed by atoms with Gasteiger partial charge in [0.25, 0.3) is 0 Å². The molecule has 0 aliphatic rings. The Morgan fingerprint density at radius 1 is 1.06 bits per heavy atom. The van der Waals surface area contributed by atoms with Crippen molar-refractivity contribution < 1.29 is 24.5 Å². The monoisotopic (exact) mass is 246 g/mol. The number of aliphatic carboxylic acids is 2. The third-order valence-electron chi connectivity index (χ3n) is 2.45. The normalized spacial score (nSPS) is 12.3. The van der Waals surface area contributed by atoms with Crippen LogP contribution in [0.2, 0.25) is 0 Å². The summed E-state index contributed by atoms with van der Waals surface area (Å²) < 4.78 is 5.04. The van der Waals surface area contributed by atoms with Gasteiger partial charge in [-0.3, -0.25) is 4.79 Å². The molecule has 0 amide bonds. The first-order chi connectivity index (χ1) is 8.07. The van der Waals surface area contributed by atoms with Crippen LogP contribution < -0.4 is 0 Å². The second-order valence-corrected chi connectivity index (χ2v) is 4.06. The molecule has 17 heavy (non-hydrogen) atoms. The molecule has 0 saturated heterocycles. The zero-order chi connectivity index (χ0) is 13.1. The summed E-state index contributed by atoms with van der Waals surface area (Å²) in [5.74, 6) is -2.36. The molecule has 0 bridgehead atoms. The molecule has 0 heterocycles. The largest absolute Gasteiger partial charge is 0.481 e. The molecule has 5 heteroatoms. The smallest absolute Gasteiger partial charge is 0.333 e. The van der Waals surface area contributed by atoms with E-state index < -0.39 is 24.5 Å². The van der Waals surface area contributed by atoms with Gasteiger partial charge in [-0.2, -0.15) is 0 Å². The molecule has 0 aromatic heterocycles. The van der Waals surface area contributed by atoms with E-state index in [1.807, 2.05) is 0 Å². The molecule has 0 aliphatic carbocycles. The first-order valence-corrected chi connectivity index (χ1v) is 6.14. The van der Waals surface area contributed by atoms with Crippen LogP contribution in [0.25, 0.3) is 0 Å². The number of rotatable bonds is 11. The van der Waals surface area contributed by atoms with Gasteiger partial charge in [-0.25, -0.2) is 4.79 Å². The standard InChI is InChI=1S/C12H22O5/c1-2-3-4-5-6-7-8-17-10(12(15)16)9-11(13)14/h10H,2-9H2,1H3,(H,13,14)(H,15,16)/t10-/m1/s1. The Hall–Kier alpha value is -1.10. The fraction of sp³-hybridized carbons (Fsp3) is 0.833. The van der Waals surface area contributed by atoms with E-state index in [0.717, 1.165) is 19.3 Å². The topological polar surface area (TPSA) is 83.8 Å². The Labute approximate surface area is 102 Å². The van der Waals surface area contributed by atoms with Gasteiger partial charge in [-0.15, -0.1) is 0 Å². The molecule has 2 N–H and O–H groups in total. The molecule has 0 rings (SSSR count). The average Bonchev–Trinajstić information content (AvgIpc) is 2.25. The van der Waals surface area contributed by atoms with Crippen molar-refractivity contribution in [2.45, 2.75) is 58.0 Å². The van der Waals surface area contributed by atoms with Crippen molar-refractivity contribution in [2.75, 3.05) is 6.61 Å². The highest BCUT2D eigenvalue weighted by Crippen LogP contribution is 2.07. The molecule has 5 nitrogen and oxygen atoms in total. The van der Waals surface area contributed by atoms with Gasteiger partial charge in [0.15, 0.2) is 6.10 Å². The lowest BCUT2D eigenvalue weighted by Gasteiger charge is -2.11. The van der Waals surface area contributed by atoms with Crippen LogP contribution in [0.15, 0.2) is 0 Å². The van der Waals surface area contributed by atoms with E-state index in [4.69, 9.17) is 14.9 Å². The Morgan fingerprint density at radius 2 is 1.65 bits per heavy atom. The fourth-order valence-corrected chi connectivity index (χ4v) is 1.48. The van der Waals surface area contributed by atoms with Gasteiger partial charge in [0.05, 0.1) is 6.42 Å². The summed E-state index contributed by atoms with van der Waals surface area (Å²) in [6.07, 6.45) is 4.80. The maximum atomic E-state index is 10.7. The third-order valence-corrected chi connectivity index (χ3v) is 2.45. The zero-order valence-corrected chi connectivity index (χ0v) is 10.4. The lowest BCUT2D eigenvalue weighted by atomic mass is 10.1. The number of carboxylic acid groups (broad SMARTS) is 2. The van der Waals surface area contributed by atoms with Crippen molar-refractivity contribution >= 4 is 11.9 Å². The highest BCUT2D eigenvalue weighted by molar-refractivity contribution is 5.79. The van der Waals surface area contributed by atoms with Crippen molar-refractivity contribution in [3.8, 4) is 0 Å². The molecule has 0 unspecified atom stereocenters. The number of unbranched alkanes of at least 4 members (excludes halogenated alkanes) is 5. The van der Waals surface area contributed by atoms with E-state index in [1.54, 1.807) is 0 Å². The first-order valence-electron chi connectivity index (χ1n) is 6.14. The molecule has 0 aromatic rings. The Balaban J connectivity index is 3.55. The number of hydrogen-bond donors (Lipinski definition) is 2. The summed E-state index contributed by atoms with van der Waals surface area (Å²) in [4.78, 5) is 21.0. The maximum Gasteiger partial charge on any atom is 0.333 e. The third kappa shape index (κ3) is 9.81. The second-order valence-electron chi connectivity index (χ2n) is 4.06. The van der Waals surface area contributed by atoms with Crippen molar-refractivity contribution in [1.82, 2.24) is 0 Å². The van der Waals surface area contributed by atoms with Crippen LogP contribution >= 0.6 is 0 Å². The number of carbonyl (C=O) groups is 2. The molecule has 1 atom stereocenters. The van der Waals surface area contributed by atoms with E-state index in [1.165, 1.54) is 19.3 Å². The molecule has 0 aromatic carbocycles. The van der Waals surface area contributed by atoms with E-state index in [-0.39, 0.29) is 0 Å². The predicted octanol–water partition coefficient (Wildman–Crippen LogP) is 2.29. The predicted molar refractivity (Wildman–Crippen MR) is 63.0 cm³/mol. The van der Waals surface area contributed by atoms with E-state index in [9.17, 15) is 9.59 Å². The van der Waals surface area contributed by atoms with Crippen LogP contribution in [0.3, 0.4) is 0 Å². The minimum Gasteiger partial charge on any atom is -0.481 e. The fourth-order valence-electron chi connectivity index (χ4n) is 1.48. The quantitative estimate of drug-likeness (QED) is 0.546. The van der Waals surface area contributed by atoms with Gasteiger partial charge in [-0.1, -0.05) is 39.0 Å². The number of ether oxygens (including phenoxy) is 1. The van der Waals surface area contributed by atoms with Crippen LogP contribution in [-0.2, 0) is 14.3 Å². The highest BCUT2D eigenvalue weighted by Gasteiger charge is 2.21. The van der Waals surface area contributed by atoms with Crippen molar-refractivity contribution in [1.29, 1.82) is 0 Å². The summed E-state index contributed by atoms with van der Waals surface area (Å²) in [5.41, 5.74) is 0. The summed E-state index contributed by atoms with van der Waals surface area (Å²) in [6.45, 7) is 2.46. The van der Waals surface area contributed by atoms with Crippen LogP contribution in [0.4, 0.5) is 0 Å². The average molecular weight is 246 g/mol. The lowest BCUT2D eigenvalue weighted by Crippen LogP contribution is -2.27. The van der Waals surface area contributed by atoms with Gasteiger partial charge >= 0.3 is 11.9 Å². The minimum absolute atomic E-state index is 0.316. The van der Waals surface area contributed by atoms with Gasteiger partial charge in [0, 0.05) is 6.61 Å². The lowest BCUT2D eigenvalue weighted by molar-refractivity contribution is -0.156.